The highest BCUT2D eigenvalue weighted by molar-refractivity contribution is 5.74. The first-order chi connectivity index (χ1) is 22.4. The van der Waals surface area contributed by atoms with E-state index < -0.39 is 35.4 Å². The zero-order valence-corrected chi connectivity index (χ0v) is 29.0. The Bertz CT molecular complexity index is 1170. The molecule has 15 atom stereocenters. The zero-order valence-electron chi connectivity index (χ0n) is 29.0. The van der Waals surface area contributed by atoms with Crippen LogP contribution in [-0.2, 0) is 48.0 Å². The van der Waals surface area contributed by atoms with Crippen molar-refractivity contribution < 1.29 is 53.1 Å². The molecular weight excluding hydrogens is 608 g/mol. The van der Waals surface area contributed by atoms with Crippen LogP contribution in [0.2, 0.25) is 0 Å². The van der Waals surface area contributed by atoms with Crippen molar-refractivity contribution in [2.45, 2.75) is 135 Å². The summed E-state index contributed by atoms with van der Waals surface area (Å²) < 4.78 is 30.0. The summed E-state index contributed by atoms with van der Waals surface area (Å²) in [5, 5.41) is 7.76. The van der Waals surface area contributed by atoms with Crippen LogP contribution in [-0.4, -0.2) is 65.9 Å². The topological polar surface area (TPSA) is 120 Å². The third-order valence-electron chi connectivity index (χ3n) is 12.6. The van der Waals surface area contributed by atoms with Crippen molar-refractivity contribution in [1.29, 1.82) is 0 Å². The number of carbonyl (C=O) groups is 1. The standard InChI is InChI=1S/C18H28O5.C15H22O5.C3H6O/c1-5-10-19-15-12(3)14-7-6-11(2)13-8-9-17(4)21-16(20-15)18(13,14)23-22-17;1-8-4-5-11-9(2)12(16)17-13-15(11)10(8)6-7-14(3,18-13)19-20-15;1-2-3-4/h5,11-16H,1,6-10H2,2-4H3;8-11,13H,4-7H2,1-3H3;2,4H,1,3H2/t11-,12-,13?,14?,15+,16-,17+,18-;8-,9-,10?,11?,13-,14+,15-;/m11./s1. The van der Waals surface area contributed by atoms with Crippen LogP contribution in [0.3, 0.4) is 0 Å². The van der Waals surface area contributed by atoms with Gasteiger partial charge in [-0.3, -0.25) is 4.79 Å². The second kappa shape index (κ2) is 13.4. The van der Waals surface area contributed by atoms with Crippen molar-refractivity contribution in [2.75, 3.05) is 13.2 Å². The summed E-state index contributed by atoms with van der Waals surface area (Å²) in [6.07, 6.45) is 9.92. The van der Waals surface area contributed by atoms with Gasteiger partial charge in [-0.25, -0.2) is 19.6 Å². The van der Waals surface area contributed by atoms with Gasteiger partial charge < -0.3 is 28.8 Å². The second-order valence-electron chi connectivity index (χ2n) is 15.5. The van der Waals surface area contributed by atoms with Gasteiger partial charge in [-0.05, 0) is 70.1 Å². The number of rotatable bonds is 4. The molecule has 2 saturated carbocycles. The minimum atomic E-state index is -0.793. The normalized spacial score (nSPS) is 52.1. The van der Waals surface area contributed by atoms with Crippen LogP contribution in [0.5, 0.6) is 0 Å². The molecule has 4 unspecified atom stereocenters. The average Bonchev–Trinajstić information content (AvgIpc) is 3.43. The molecule has 8 aliphatic heterocycles. The van der Waals surface area contributed by atoms with Crippen LogP contribution in [0, 0.1) is 47.3 Å². The van der Waals surface area contributed by atoms with E-state index in [1.165, 1.54) is 12.5 Å². The Balaban J connectivity index is 0.000000149. The molecule has 2 spiro atoms. The number of ether oxygens (including phenoxy) is 5. The lowest BCUT2D eigenvalue weighted by molar-refractivity contribution is -0.577. The number of aliphatic hydroxyl groups is 1. The molecule has 47 heavy (non-hydrogen) atoms. The number of fused-ring (bicyclic) bond motifs is 4. The first-order valence-electron chi connectivity index (χ1n) is 17.8. The summed E-state index contributed by atoms with van der Waals surface area (Å²) in [5.74, 6) is 0.681. The first-order valence-corrected chi connectivity index (χ1v) is 17.8. The highest BCUT2D eigenvalue weighted by Crippen LogP contribution is 2.61. The lowest BCUT2D eigenvalue weighted by Gasteiger charge is -2.60. The Morgan fingerprint density at radius 1 is 0.766 bits per heavy atom. The smallest absolute Gasteiger partial charge is 0.311 e. The van der Waals surface area contributed by atoms with Gasteiger partial charge >= 0.3 is 5.97 Å². The molecule has 4 bridgehead atoms. The van der Waals surface area contributed by atoms with Gasteiger partial charge in [0.2, 0.25) is 17.9 Å². The van der Waals surface area contributed by atoms with Gasteiger partial charge in [0.05, 0.1) is 19.1 Å². The molecule has 0 amide bonds. The number of hydrogen-bond donors (Lipinski definition) is 1. The highest BCUT2D eigenvalue weighted by atomic mass is 17.3. The van der Waals surface area contributed by atoms with E-state index in [-0.39, 0.29) is 36.6 Å². The van der Waals surface area contributed by atoms with Crippen molar-refractivity contribution in [1.82, 2.24) is 0 Å². The van der Waals surface area contributed by atoms with Crippen LogP contribution < -0.4 is 0 Å². The summed E-state index contributed by atoms with van der Waals surface area (Å²) in [4.78, 5) is 35.5. The lowest BCUT2D eigenvalue weighted by atomic mass is 9.58. The van der Waals surface area contributed by atoms with Gasteiger partial charge in [0.25, 0.3) is 0 Å². The van der Waals surface area contributed by atoms with Crippen LogP contribution in [0.1, 0.15) is 92.9 Å². The molecule has 10 rings (SSSR count). The number of carbonyl (C=O) groups excluding carboxylic acids is 1. The molecule has 8 heterocycles. The molecule has 0 aromatic carbocycles. The number of aliphatic hydroxyl groups excluding tert-OH is 1. The van der Waals surface area contributed by atoms with Crippen LogP contribution in [0.4, 0.5) is 0 Å². The third kappa shape index (κ3) is 5.85. The molecule has 2 aliphatic carbocycles. The van der Waals surface area contributed by atoms with E-state index in [2.05, 4.69) is 33.9 Å². The SMILES string of the molecule is C=CCO.C=CCO[C@H]1O[C@@H]2O[C@]3(C)CCC4[C@H](C)CCC([C@H]1C)[C@]42OO3.C[C@@H]1CCC2[C@@H](C)C(=O)O[C@@H]3O[C@]4(C)CCC1[C@@]23OO4. The molecule has 8 saturated heterocycles. The van der Waals surface area contributed by atoms with Gasteiger partial charge in [-0.2, -0.15) is 0 Å². The van der Waals surface area contributed by atoms with Gasteiger partial charge in [0, 0.05) is 36.5 Å². The van der Waals surface area contributed by atoms with E-state index in [1.807, 2.05) is 20.8 Å². The van der Waals surface area contributed by atoms with Crippen molar-refractivity contribution in [3.8, 4) is 0 Å². The molecule has 0 radical (unpaired) electrons. The highest BCUT2D eigenvalue weighted by Gasteiger charge is 2.71. The maximum absolute atomic E-state index is 12.1. The molecule has 10 fully saturated rings. The van der Waals surface area contributed by atoms with Crippen molar-refractivity contribution in [3.63, 3.8) is 0 Å². The van der Waals surface area contributed by atoms with Crippen LogP contribution in [0.25, 0.3) is 0 Å². The molecule has 10 aliphatic rings. The molecule has 0 aromatic heterocycles. The predicted molar refractivity (Wildman–Crippen MR) is 168 cm³/mol. The zero-order chi connectivity index (χ0) is 33.8. The Morgan fingerprint density at radius 3 is 1.85 bits per heavy atom. The predicted octanol–water partition coefficient (Wildman–Crippen LogP) is 5.96. The lowest BCUT2D eigenvalue weighted by Crippen LogP contribution is -2.70. The maximum Gasteiger partial charge on any atom is 0.311 e. The first kappa shape index (κ1) is 35.4. The molecule has 0 aromatic rings. The van der Waals surface area contributed by atoms with Crippen LogP contribution >= 0.6 is 0 Å². The van der Waals surface area contributed by atoms with Crippen LogP contribution in [0.15, 0.2) is 25.3 Å². The van der Waals surface area contributed by atoms with E-state index in [9.17, 15) is 4.79 Å². The Hall–Kier alpha value is -1.41. The fourth-order valence-electron chi connectivity index (χ4n) is 9.99. The van der Waals surface area contributed by atoms with E-state index >= 15 is 0 Å². The number of esters is 1. The molecule has 11 heteroatoms. The van der Waals surface area contributed by atoms with Gasteiger partial charge in [-0.15, -0.1) is 13.2 Å². The fourth-order valence-corrected chi connectivity index (χ4v) is 9.99. The van der Waals surface area contributed by atoms with E-state index in [4.69, 9.17) is 48.3 Å². The van der Waals surface area contributed by atoms with E-state index in [0.29, 0.717) is 36.2 Å². The summed E-state index contributed by atoms with van der Waals surface area (Å²) in [5.41, 5.74) is -1.11. The average molecular weight is 665 g/mol. The molecular formula is C36H56O11. The Labute approximate surface area is 279 Å². The van der Waals surface area contributed by atoms with Gasteiger partial charge in [0.15, 0.2) is 23.8 Å². The van der Waals surface area contributed by atoms with Gasteiger partial charge in [0.1, 0.15) is 0 Å². The quantitative estimate of drug-likeness (QED) is 0.218. The molecule has 1 N–H and O–H groups in total. The van der Waals surface area contributed by atoms with Crippen molar-refractivity contribution in [2.24, 2.45) is 47.3 Å². The van der Waals surface area contributed by atoms with Crippen molar-refractivity contribution >= 4 is 5.97 Å². The van der Waals surface area contributed by atoms with E-state index in [0.717, 1.165) is 44.9 Å². The Morgan fingerprint density at radius 2 is 1.30 bits per heavy atom. The maximum atomic E-state index is 12.1. The van der Waals surface area contributed by atoms with Gasteiger partial charge in [-0.1, -0.05) is 39.8 Å². The summed E-state index contributed by atoms with van der Waals surface area (Å²) >= 11 is 0. The molecule has 266 valence electrons. The summed E-state index contributed by atoms with van der Waals surface area (Å²) in [6, 6.07) is 0. The fraction of sp³-hybridized carbons (Fsp3) is 0.861. The van der Waals surface area contributed by atoms with E-state index in [1.54, 1.807) is 6.08 Å². The summed E-state index contributed by atoms with van der Waals surface area (Å²) in [6.45, 7) is 20.0. The minimum Gasteiger partial charge on any atom is -0.432 e. The minimum absolute atomic E-state index is 0.0833. The monoisotopic (exact) mass is 664 g/mol. The third-order valence-corrected chi connectivity index (χ3v) is 12.6. The molecule has 11 nitrogen and oxygen atoms in total. The Kier molecular flexibility index (Phi) is 10.1. The largest absolute Gasteiger partial charge is 0.432 e. The second-order valence-corrected chi connectivity index (χ2v) is 15.5. The van der Waals surface area contributed by atoms with Crippen molar-refractivity contribution in [3.05, 3.63) is 25.3 Å². The number of hydrogen-bond acceptors (Lipinski definition) is 11. The summed E-state index contributed by atoms with van der Waals surface area (Å²) in [7, 11) is 0.